The molecule has 0 atom stereocenters. The highest BCUT2D eigenvalue weighted by molar-refractivity contribution is 14.0. The number of hydrogen-bond acceptors (Lipinski definition) is 2. The van der Waals surface area contributed by atoms with Crippen LogP contribution < -0.4 is 10.6 Å². The van der Waals surface area contributed by atoms with Gasteiger partial charge in [0, 0.05) is 32.4 Å². The highest BCUT2D eigenvalue weighted by atomic mass is 127. The van der Waals surface area contributed by atoms with Crippen LogP contribution in [0.4, 0.5) is 0 Å². The first-order valence-electron chi connectivity index (χ1n) is 9.29. The van der Waals surface area contributed by atoms with E-state index in [-0.39, 0.29) is 24.0 Å². The van der Waals surface area contributed by atoms with Gasteiger partial charge in [0.1, 0.15) is 0 Å². The van der Waals surface area contributed by atoms with Crippen LogP contribution in [0.5, 0.6) is 0 Å². The topological polar surface area (TPSA) is 54.2 Å². The van der Waals surface area contributed by atoms with Crippen molar-refractivity contribution in [1.29, 1.82) is 0 Å². The highest BCUT2D eigenvalue weighted by Gasteiger charge is 2.13. The van der Waals surface area contributed by atoms with Crippen molar-refractivity contribution in [1.82, 2.24) is 20.4 Å². The van der Waals surface area contributed by atoms with Crippen molar-refractivity contribution in [2.45, 2.75) is 65.3 Å². The van der Waals surface area contributed by atoms with Crippen molar-refractivity contribution in [2.75, 3.05) is 19.6 Å². The first kappa shape index (κ1) is 21.3. The third kappa shape index (κ3) is 8.35. The monoisotopic (exact) mass is 447 g/mol. The zero-order valence-electron chi connectivity index (χ0n) is 15.3. The molecule has 1 heterocycles. The molecule has 0 amide bonds. The number of aryl methyl sites for hydroxylation is 2. The quantitative estimate of drug-likeness (QED) is 0.263. The van der Waals surface area contributed by atoms with Crippen LogP contribution in [-0.2, 0) is 6.54 Å². The molecule has 2 N–H and O–H groups in total. The highest BCUT2D eigenvalue weighted by Crippen LogP contribution is 2.28. The summed E-state index contributed by atoms with van der Waals surface area (Å²) in [5, 5.41) is 11.1. The number of aliphatic imine (C=N–C) groups is 1. The first-order valence-corrected chi connectivity index (χ1v) is 9.29. The molecule has 0 bridgehead atoms. The minimum Gasteiger partial charge on any atom is -0.357 e. The van der Waals surface area contributed by atoms with Gasteiger partial charge < -0.3 is 10.6 Å². The molecule has 5 nitrogen and oxygen atoms in total. The largest absolute Gasteiger partial charge is 0.357 e. The number of nitrogens with zero attached hydrogens (tertiary/aromatic N) is 3. The Morgan fingerprint density at radius 2 is 2.08 bits per heavy atom. The van der Waals surface area contributed by atoms with Crippen LogP contribution in [0.3, 0.4) is 0 Å². The molecule has 0 unspecified atom stereocenters. The molecule has 2 rings (SSSR count). The van der Waals surface area contributed by atoms with Crippen LogP contribution in [0.25, 0.3) is 0 Å². The fourth-order valence-corrected chi connectivity index (χ4v) is 3.25. The number of hydrogen-bond donors (Lipinski definition) is 2. The Bertz CT molecular complexity index is 466. The van der Waals surface area contributed by atoms with Gasteiger partial charge in [0.25, 0.3) is 0 Å². The molecule has 138 valence electrons. The van der Waals surface area contributed by atoms with Gasteiger partial charge in [-0.3, -0.25) is 9.67 Å². The summed E-state index contributed by atoms with van der Waals surface area (Å²) >= 11 is 0. The molecule has 1 fully saturated rings. The molecule has 0 aliphatic heterocycles. The van der Waals surface area contributed by atoms with E-state index in [2.05, 4.69) is 40.8 Å². The predicted octanol–water partition coefficient (Wildman–Crippen LogP) is 3.73. The third-order valence-corrected chi connectivity index (χ3v) is 4.48. The normalized spacial score (nSPS) is 15.3. The molecule has 6 heteroatoms. The van der Waals surface area contributed by atoms with E-state index in [1.807, 2.05) is 10.9 Å². The fourth-order valence-electron chi connectivity index (χ4n) is 3.25. The standard InChI is InChI=1S/C18H33N5.HI/c1-3-19-18(20-11-6-10-17-8-4-5-9-17)21-12-7-13-23-15-16(2)14-22-23;/h14-15,17H,3-13H2,1-2H3,(H2,19,20,21);1H. The molecule has 0 radical (unpaired) electrons. The van der Waals surface area contributed by atoms with Crippen LogP contribution in [0.2, 0.25) is 0 Å². The minimum absolute atomic E-state index is 0. The van der Waals surface area contributed by atoms with Crippen molar-refractivity contribution in [2.24, 2.45) is 10.9 Å². The van der Waals surface area contributed by atoms with E-state index in [1.54, 1.807) is 0 Å². The second kappa shape index (κ2) is 12.6. The maximum Gasteiger partial charge on any atom is 0.191 e. The maximum atomic E-state index is 4.66. The van der Waals surface area contributed by atoms with Crippen molar-refractivity contribution in [3.8, 4) is 0 Å². The predicted molar refractivity (Wildman–Crippen MR) is 112 cm³/mol. The summed E-state index contributed by atoms with van der Waals surface area (Å²) in [6, 6.07) is 0. The summed E-state index contributed by atoms with van der Waals surface area (Å²) in [7, 11) is 0. The molecule has 1 aliphatic carbocycles. The Balaban J connectivity index is 0.00000288. The summed E-state index contributed by atoms with van der Waals surface area (Å²) in [5.74, 6) is 1.93. The first-order chi connectivity index (χ1) is 11.3. The van der Waals surface area contributed by atoms with Crippen molar-refractivity contribution in [3.63, 3.8) is 0 Å². The molecule has 0 aromatic carbocycles. The zero-order chi connectivity index (χ0) is 16.3. The lowest BCUT2D eigenvalue weighted by Gasteiger charge is -2.13. The van der Waals surface area contributed by atoms with E-state index in [1.165, 1.54) is 44.1 Å². The Labute approximate surface area is 164 Å². The summed E-state index contributed by atoms with van der Waals surface area (Å²) in [6.07, 6.45) is 13.4. The van der Waals surface area contributed by atoms with Gasteiger partial charge >= 0.3 is 0 Å². The zero-order valence-corrected chi connectivity index (χ0v) is 17.6. The molecule has 0 spiro atoms. The van der Waals surface area contributed by atoms with Gasteiger partial charge in [0.15, 0.2) is 5.96 Å². The summed E-state index contributed by atoms with van der Waals surface area (Å²) in [5.41, 5.74) is 1.21. The molecule has 1 saturated carbocycles. The van der Waals surface area contributed by atoms with Gasteiger partial charge in [0.05, 0.1) is 6.20 Å². The molecular weight excluding hydrogens is 413 g/mol. The smallest absolute Gasteiger partial charge is 0.191 e. The fraction of sp³-hybridized carbons (Fsp3) is 0.778. The molecule has 1 aromatic rings. The second-order valence-electron chi connectivity index (χ2n) is 6.61. The lowest BCUT2D eigenvalue weighted by molar-refractivity contribution is 0.481. The summed E-state index contributed by atoms with van der Waals surface area (Å²) < 4.78 is 1.99. The number of guanidine groups is 1. The van der Waals surface area contributed by atoms with Gasteiger partial charge in [-0.2, -0.15) is 5.10 Å². The Kier molecular flexibility index (Phi) is 11.1. The average Bonchev–Trinajstić information content (AvgIpc) is 3.19. The van der Waals surface area contributed by atoms with E-state index < -0.39 is 0 Å². The minimum atomic E-state index is 0. The number of halogens is 1. The van der Waals surface area contributed by atoms with Gasteiger partial charge in [0.2, 0.25) is 0 Å². The van der Waals surface area contributed by atoms with Crippen molar-refractivity contribution < 1.29 is 0 Å². The summed E-state index contributed by atoms with van der Waals surface area (Å²) in [6.45, 7) is 7.88. The lowest BCUT2D eigenvalue weighted by Crippen LogP contribution is -2.38. The Hall–Kier alpha value is -0.790. The molecular formula is C18H34IN5. The van der Waals surface area contributed by atoms with Gasteiger partial charge in [-0.25, -0.2) is 0 Å². The number of aromatic nitrogens is 2. The summed E-state index contributed by atoms with van der Waals surface area (Å²) in [4.78, 5) is 4.66. The lowest BCUT2D eigenvalue weighted by atomic mass is 10.0. The molecule has 1 aromatic heterocycles. The SMILES string of the molecule is CCNC(=NCCCn1cc(C)cn1)NCCCC1CCCC1.I. The molecule has 24 heavy (non-hydrogen) atoms. The van der Waals surface area contributed by atoms with E-state index in [0.29, 0.717) is 0 Å². The Morgan fingerprint density at radius 1 is 1.29 bits per heavy atom. The second-order valence-corrected chi connectivity index (χ2v) is 6.61. The van der Waals surface area contributed by atoms with Crippen LogP contribution in [0.1, 0.15) is 57.4 Å². The van der Waals surface area contributed by atoms with Crippen molar-refractivity contribution in [3.05, 3.63) is 18.0 Å². The number of rotatable bonds is 9. The van der Waals surface area contributed by atoms with E-state index in [0.717, 1.165) is 44.5 Å². The van der Waals surface area contributed by atoms with Crippen LogP contribution in [-0.4, -0.2) is 35.4 Å². The third-order valence-electron chi connectivity index (χ3n) is 4.48. The van der Waals surface area contributed by atoms with Gasteiger partial charge in [-0.1, -0.05) is 25.7 Å². The van der Waals surface area contributed by atoms with Crippen LogP contribution in [0.15, 0.2) is 17.4 Å². The van der Waals surface area contributed by atoms with Crippen molar-refractivity contribution >= 4 is 29.9 Å². The number of nitrogens with one attached hydrogen (secondary N) is 2. The van der Waals surface area contributed by atoms with Gasteiger partial charge in [-0.05, 0) is 44.6 Å². The Morgan fingerprint density at radius 3 is 2.75 bits per heavy atom. The molecule has 1 aliphatic rings. The molecule has 0 saturated heterocycles. The average molecular weight is 447 g/mol. The van der Waals surface area contributed by atoms with Crippen LogP contribution in [0, 0.1) is 12.8 Å². The van der Waals surface area contributed by atoms with E-state index in [4.69, 9.17) is 0 Å². The van der Waals surface area contributed by atoms with E-state index >= 15 is 0 Å². The van der Waals surface area contributed by atoms with Gasteiger partial charge in [-0.15, -0.1) is 24.0 Å². The van der Waals surface area contributed by atoms with E-state index in [9.17, 15) is 0 Å². The van der Waals surface area contributed by atoms with Crippen LogP contribution >= 0.6 is 24.0 Å². The maximum absolute atomic E-state index is 4.66.